The van der Waals surface area contributed by atoms with Crippen molar-refractivity contribution in [2.45, 2.75) is 25.4 Å². The van der Waals surface area contributed by atoms with Crippen LogP contribution in [-0.4, -0.2) is 31.5 Å². The smallest absolute Gasteiger partial charge is 0.240 e. The van der Waals surface area contributed by atoms with Crippen molar-refractivity contribution in [3.05, 3.63) is 65.7 Å². The van der Waals surface area contributed by atoms with Gasteiger partial charge in [-0.3, -0.25) is 4.79 Å². The molecule has 2 aliphatic rings. The van der Waals surface area contributed by atoms with Crippen molar-refractivity contribution in [1.82, 2.24) is 5.43 Å². The number of fused-ring (bicyclic) bond motifs is 1. The van der Waals surface area contributed by atoms with Gasteiger partial charge in [0.15, 0.2) is 9.84 Å². The average molecular weight is 398 g/mol. The number of amides is 1. The summed E-state index contributed by atoms with van der Waals surface area (Å²) >= 11 is 0. The Bertz CT molecular complexity index is 1000. The largest absolute Gasteiger partial charge is 0.485 e. The number of hydrazone groups is 1. The number of para-hydroxylation sites is 1. The Labute approximate surface area is 164 Å². The lowest BCUT2D eigenvalue weighted by molar-refractivity contribution is -0.121. The minimum absolute atomic E-state index is 0.0870. The molecule has 1 fully saturated rings. The van der Waals surface area contributed by atoms with E-state index in [0.717, 1.165) is 22.6 Å². The van der Waals surface area contributed by atoms with Crippen molar-refractivity contribution < 1.29 is 17.9 Å². The number of hydrogen-bond acceptors (Lipinski definition) is 5. The van der Waals surface area contributed by atoms with Crippen molar-refractivity contribution in [3.8, 4) is 5.75 Å². The molecule has 1 amide bonds. The van der Waals surface area contributed by atoms with Gasteiger partial charge in [-0.05, 0) is 30.0 Å². The molecule has 2 atom stereocenters. The number of nitrogens with zero attached hydrogens (tertiary/aromatic N) is 1. The van der Waals surface area contributed by atoms with Crippen molar-refractivity contribution in [2.75, 3.05) is 11.5 Å². The standard InChI is InChI=1S/C21H22N2O4S/c24-21(12-15-10-11-28(25,26)14-15)23-22-18-13-20(16-6-2-1-3-7-16)27-19-9-5-4-8-17(18)19/h1-9,15,20H,10-14H2,(H,23,24)/b22-18-/t15-,20-/m1/s1. The highest BCUT2D eigenvalue weighted by Crippen LogP contribution is 2.35. The Balaban J connectivity index is 1.49. The number of carbonyl (C=O) groups excluding carboxylic acids is 1. The van der Waals surface area contributed by atoms with E-state index in [9.17, 15) is 13.2 Å². The van der Waals surface area contributed by atoms with E-state index >= 15 is 0 Å². The van der Waals surface area contributed by atoms with Crippen LogP contribution in [0.2, 0.25) is 0 Å². The number of sulfone groups is 1. The van der Waals surface area contributed by atoms with Crippen LogP contribution in [0, 0.1) is 5.92 Å². The van der Waals surface area contributed by atoms with Gasteiger partial charge in [0.25, 0.3) is 0 Å². The molecule has 2 aromatic carbocycles. The molecule has 0 saturated carbocycles. The summed E-state index contributed by atoms with van der Waals surface area (Å²) in [5, 5.41) is 4.37. The Morgan fingerprint density at radius 3 is 2.61 bits per heavy atom. The van der Waals surface area contributed by atoms with Gasteiger partial charge in [0, 0.05) is 18.4 Å². The first-order chi connectivity index (χ1) is 13.5. The third-order valence-electron chi connectivity index (χ3n) is 5.13. The topological polar surface area (TPSA) is 84.8 Å². The predicted octanol–water partition coefficient (Wildman–Crippen LogP) is 2.86. The summed E-state index contributed by atoms with van der Waals surface area (Å²) < 4.78 is 29.3. The van der Waals surface area contributed by atoms with Crippen molar-refractivity contribution in [2.24, 2.45) is 11.0 Å². The molecule has 4 rings (SSSR count). The zero-order chi connectivity index (χ0) is 19.6. The third-order valence-corrected chi connectivity index (χ3v) is 6.97. The van der Waals surface area contributed by atoms with E-state index in [1.54, 1.807) is 0 Å². The number of nitrogens with one attached hydrogen (secondary N) is 1. The minimum Gasteiger partial charge on any atom is -0.485 e. The highest BCUT2D eigenvalue weighted by Gasteiger charge is 2.30. The number of carbonyl (C=O) groups is 1. The van der Waals surface area contributed by atoms with Crippen LogP contribution in [-0.2, 0) is 14.6 Å². The number of ether oxygens (including phenoxy) is 1. The van der Waals surface area contributed by atoms with E-state index in [1.807, 2.05) is 54.6 Å². The average Bonchev–Trinajstić information content (AvgIpc) is 3.04. The lowest BCUT2D eigenvalue weighted by Gasteiger charge is -2.27. The second-order valence-electron chi connectivity index (χ2n) is 7.28. The maximum atomic E-state index is 12.3. The summed E-state index contributed by atoms with van der Waals surface area (Å²) in [6.07, 6.45) is 1.08. The van der Waals surface area contributed by atoms with Crippen LogP contribution in [0.25, 0.3) is 0 Å². The first-order valence-electron chi connectivity index (χ1n) is 9.37. The van der Waals surface area contributed by atoms with Gasteiger partial charge in [-0.2, -0.15) is 5.10 Å². The fourth-order valence-electron chi connectivity index (χ4n) is 3.72. The quantitative estimate of drug-likeness (QED) is 0.803. The molecule has 7 heteroatoms. The van der Waals surface area contributed by atoms with E-state index in [4.69, 9.17) is 4.74 Å². The van der Waals surface area contributed by atoms with Crippen molar-refractivity contribution in [1.29, 1.82) is 0 Å². The summed E-state index contributed by atoms with van der Waals surface area (Å²) in [6.45, 7) is 0. The Morgan fingerprint density at radius 1 is 1.11 bits per heavy atom. The molecule has 28 heavy (non-hydrogen) atoms. The monoisotopic (exact) mass is 398 g/mol. The second-order valence-corrected chi connectivity index (χ2v) is 9.51. The second kappa shape index (κ2) is 7.75. The van der Waals surface area contributed by atoms with E-state index < -0.39 is 9.84 Å². The number of rotatable bonds is 4. The van der Waals surface area contributed by atoms with E-state index in [-0.39, 0.29) is 35.9 Å². The lowest BCUT2D eigenvalue weighted by atomic mass is 9.96. The van der Waals surface area contributed by atoms with Crippen LogP contribution < -0.4 is 10.2 Å². The Morgan fingerprint density at radius 2 is 1.86 bits per heavy atom. The number of benzene rings is 2. The molecule has 6 nitrogen and oxygen atoms in total. The van der Waals surface area contributed by atoms with E-state index in [0.29, 0.717) is 12.8 Å². The van der Waals surface area contributed by atoms with E-state index in [1.165, 1.54) is 0 Å². The predicted molar refractivity (Wildman–Crippen MR) is 107 cm³/mol. The molecule has 0 bridgehead atoms. The molecule has 0 unspecified atom stereocenters. The van der Waals surface area contributed by atoms with Gasteiger partial charge in [0.1, 0.15) is 11.9 Å². The third kappa shape index (κ3) is 4.25. The molecule has 0 aromatic heterocycles. The molecule has 146 valence electrons. The first kappa shape index (κ1) is 18.7. The summed E-state index contributed by atoms with van der Waals surface area (Å²) in [5.41, 5.74) is 5.28. The van der Waals surface area contributed by atoms with Gasteiger partial charge >= 0.3 is 0 Å². The molecule has 0 radical (unpaired) electrons. The zero-order valence-electron chi connectivity index (χ0n) is 15.4. The maximum absolute atomic E-state index is 12.3. The normalized spacial score (nSPS) is 24.4. The van der Waals surface area contributed by atoms with Crippen molar-refractivity contribution >= 4 is 21.5 Å². The lowest BCUT2D eigenvalue weighted by Crippen LogP contribution is -2.26. The van der Waals surface area contributed by atoms with Gasteiger partial charge < -0.3 is 4.74 Å². The number of hydrogen-bond donors (Lipinski definition) is 1. The molecule has 1 saturated heterocycles. The Hall–Kier alpha value is -2.67. The summed E-state index contributed by atoms with van der Waals surface area (Å²) in [4.78, 5) is 12.3. The summed E-state index contributed by atoms with van der Waals surface area (Å²) in [7, 11) is -2.99. The molecule has 2 aliphatic heterocycles. The highest BCUT2D eigenvalue weighted by molar-refractivity contribution is 7.91. The molecule has 0 aliphatic carbocycles. The molecule has 2 aromatic rings. The molecule has 0 spiro atoms. The SMILES string of the molecule is O=C(C[C@H]1CCS(=O)(=O)C1)N/N=C1/C[C@H](c2ccccc2)Oc2ccccc21. The van der Waals surface area contributed by atoms with Gasteiger partial charge in [-0.25, -0.2) is 13.8 Å². The minimum atomic E-state index is -2.99. The van der Waals surface area contributed by atoms with Gasteiger partial charge in [-0.15, -0.1) is 0 Å². The molecule has 2 heterocycles. The van der Waals surface area contributed by atoms with Crippen LogP contribution in [0.15, 0.2) is 59.7 Å². The molecule has 1 N–H and O–H groups in total. The maximum Gasteiger partial charge on any atom is 0.240 e. The Kier molecular flexibility index (Phi) is 5.17. The summed E-state index contributed by atoms with van der Waals surface area (Å²) in [5.74, 6) is 0.615. The van der Waals surface area contributed by atoms with Crippen LogP contribution >= 0.6 is 0 Å². The van der Waals surface area contributed by atoms with Crippen LogP contribution in [0.5, 0.6) is 5.75 Å². The zero-order valence-corrected chi connectivity index (χ0v) is 16.2. The molecular formula is C21H22N2O4S. The highest BCUT2D eigenvalue weighted by atomic mass is 32.2. The van der Waals surface area contributed by atoms with Gasteiger partial charge in [0.05, 0.1) is 17.2 Å². The fourth-order valence-corrected chi connectivity index (χ4v) is 5.58. The van der Waals surface area contributed by atoms with E-state index in [2.05, 4.69) is 10.5 Å². The van der Waals surface area contributed by atoms with Crippen LogP contribution in [0.4, 0.5) is 0 Å². The van der Waals surface area contributed by atoms with Crippen LogP contribution in [0.3, 0.4) is 0 Å². The van der Waals surface area contributed by atoms with Crippen molar-refractivity contribution in [3.63, 3.8) is 0 Å². The fraction of sp³-hybridized carbons (Fsp3) is 0.333. The van der Waals surface area contributed by atoms with Gasteiger partial charge in [0.2, 0.25) is 5.91 Å². The summed E-state index contributed by atoms with van der Waals surface area (Å²) in [6, 6.07) is 17.5. The first-order valence-corrected chi connectivity index (χ1v) is 11.2. The van der Waals surface area contributed by atoms with Gasteiger partial charge in [-0.1, -0.05) is 42.5 Å². The van der Waals surface area contributed by atoms with Crippen LogP contribution in [0.1, 0.15) is 36.5 Å². The molecular weight excluding hydrogens is 376 g/mol.